The maximum absolute atomic E-state index is 5.82. The van der Waals surface area contributed by atoms with E-state index in [2.05, 4.69) is 10.2 Å². The van der Waals surface area contributed by atoms with Crippen LogP contribution in [0.25, 0.3) is 11.0 Å². The molecular weight excluding hydrogens is 262 g/mol. The first kappa shape index (κ1) is 12.8. The molecule has 5 nitrogen and oxygen atoms in total. The molecule has 2 heterocycles. The maximum atomic E-state index is 5.82. The van der Waals surface area contributed by atoms with Crippen molar-refractivity contribution in [2.75, 3.05) is 29.9 Å². The number of nitrogens with one attached hydrogen (secondary N) is 1. The summed E-state index contributed by atoms with van der Waals surface area (Å²) in [6, 6.07) is 8.66. The first-order valence-corrected chi connectivity index (χ1v) is 7.82. The summed E-state index contributed by atoms with van der Waals surface area (Å²) >= 11 is 0. The molecule has 0 radical (unpaired) electrons. The van der Waals surface area contributed by atoms with Crippen LogP contribution < -0.4 is 16.0 Å². The molecule has 1 aliphatic heterocycles. The highest BCUT2D eigenvalue weighted by atomic mass is 15.2. The second-order valence-electron chi connectivity index (χ2n) is 6.14. The van der Waals surface area contributed by atoms with Crippen molar-refractivity contribution in [3.8, 4) is 0 Å². The molecule has 1 saturated heterocycles. The summed E-state index contributed by atoms with van der Waals surface area (Å²) < 4.78 is 0. The van der Waals surface area contributed by atoms with E-state index in [4.69, 9.17) is 15.7 Å². The molecule has 1 unspecified atom stereocenters. The van der Waals surface area contributed by atoms with E-state index >= 15 is 0 Å². The molecule has 4 rings (SSSR count). The van der Waals surface area contributed by atoms with E-state index < -0.39 is 0 Å². The fourth-order valence-corrected chi connectivity index (χ4v) is 2.95. The molecule has 1 saturated carbocycles. The van der Waals surface area contributed by atoms with Crippen molar-refractivity contribution in [2.24, 2.45) is 11.7 Å². The van der Waals surface area contributed by atoms with E-state index in [1.54, 1.807) is 0 Å². The van der Waals surface area contributed by atoms with Gasteiger partial charge in [-0.2, -0.15) is 0 Å². The summed E-state index contributed by atoms with van der Waals surface area (Å²) in [5.41, 5.74) is 7.74. The third-order valence-electron chi connectivity index (χ3n) is 4.39. The number of aromatic nitrogens is 2. The van der Waals surface area contributed by atoms with E-state index in [1.807, 2.05) is 24.3 Å². The average Bonchev–Trinajstić information content (AvgIpc) is 3.20. The van der Waals surface area contributed by atoms with E-state index in [0.717, 1.165) is 48.7 Å². The number of hydrogen-bond donors (Lipinski definition) is 2. The highest BCUT2D eigenvalue weighted by Gasteiger charge is 2.28. The van der Waals surface area contributed by atoms with Crippen LogP contribution in [0.5, 0.6) is 0 Å². The largest absolute Gasteiger partial charge is 0.364 e. The number of anilines is 2. The molecule has 21 heavy (non-hydrogen) atoms. The highest BCUT2D eigenvalue weighted by molar-refractivity contribution is 5.80. The van der Waals surface area contributed by atoms with E-state index in [-0.39, 0.29) is 0 Å². The van der Waals surface area contributed by atoms with Crippen LogP contribution >= 0.6 is 0 Å². The van der Waals surface area contributed by atoms with Gasteiger partial charge in [-0.3, -0.25) is 0 Å². The van der Waals surface area contributed by atoms with Gasteiger partial charge >= 0.3 is 0 Å². The second kappa shape index (κ2) is 5.15. The van der Waals surface area contributed by atoms with Crippen LogP contribution in [0, 0.1) is 5.92 Å². The van der Waals surface area contributed by atoms with Gasteiger partial charge in [0, 0.05) is 19.1 Å². The molecule has 1 aromatic heterocycles. The number of fused-ring (bicyclic) bond motifs is 1. The predicted molar refractivity (Wildman–Crippen MR) is 85.6 cm³/mol. The van der Waals surface area contributed by atoms with Crippen molar-refractivity contribution in [2.45, 2.75) is 25.3 Å². The number of benzene rings is 1. The Morgan fingerprint density at radius 2 is 1.90 bits per heavy atom. The van der Waals surface area contributed by atoms with Crippen molar-refractivity contribution in [1.29, 1.82) is 0 Å². The van der Waals surface area contributed by atoms with Crippen molar-refractivity contribution in [3.05, 3.63) is 24.3 Å². The van der Waals surface area contributed by atoms with Gasteiger partial charge in [-0.05, 0) is 43.9 Å². The maximum Gasteiger partial charge on any atom is 0.172 e. The van der Waals surface area contributed by atoms with Crippen LogP contribution in [0.1, 0.15) is 19.3 Å². The molecule has 2 aliphatic rings. The van der Waals surface area contributed by atoms with Crippen LogP contribution in [0.2, 0.25) is 0 Å². The smallest absolute Gasteiger partial charge is 0.172 e. The highest BCUT2D eigenvalue weighted by Crippen LogP contribution is 2.32. The molecule has 1 aromatic carbocycles. The lowest BCUT2D eigenvalue weighted by molar-refractivity contribution is 0.602. The molecule has 0 bridgehead atoms. The Bertz CT molecular complexity index is 652. The summed E-state index contributed by atoms with van der Waals surface area (Å²) in [6.07, 6.45) is 3.62. The zero-order chi connectivity index (χ0) is 14.2. The minimum absolute atomic E-state index is 0.576. The fourth-order valence-electron chi connectivity index (χ4n) is 2.95. The zero-order valence-corrected chi connectivity index (χ0v) is 12.1. The lowest BCUT2D eigenvalue weighted by atomic mass is 10.1. The first-order chi connectivity index (χ1) is 10.3. The topological polar surface area (TPSA) is 67.1 Å². The minimum Gasteiger partial charge on any atom is -0.364 e. The molecule has 5 heteroatoms. The Kier molecular flexibility index (Phi) is 3.15. The van der Waals surface area contributed by atoms with Gasteiger partial charge < -0.3 is 16.0 Å². The first-order valence-electron chi connectivity index (χ1n) is 7.82. The lowest BCUT2D eigenvalue weighted by Gasteiger charge is -2.21. The summed E-state index contributed by atoms with van der Waals surface area (Å²) in [6.45, 7) is 2.76. The molecule has 3 N–H and O–H groups in total. The van der Waals surface area contributed by atoms with Crippen molar-refractivity contribution in [1.82, 2.24) is 9.97 Å². The summed E-state index contributed by atoms with van der Waals surface area (Å²) in [7, 11) is 0. The quantitative estimate of drug-likeness (QED) is 0.898. The number of para-hydroxylation sites is 2. The van der Waals surface area contributed by atoms with Gasteiger partial charge in [0.1, 0.15) is 0 Å². The van der Waals surface area contributed by atoms with Crippen molar-refractivity contribution < 1.29 is 0 Å². The third kappa shape index (κ3) is 2.53. The Labute approximate surface area is 124 Å². The lowest BCUT2D eigenvalue weighted by Crippen LogP contribution is -2.25. The Hall–Kier alpha value is -1.88. The van der Waals surface area contributed by atoms with Gasteiger partial charge in [0.05, 0.1) is 11.0 Å². The van der Waals surface area contributed by atoms with Crippen LogP contribution in [0.3, 0.4) is 0 Å². The molecule has 1 atom stereocenters. The van der Waals surface area contributed by atoms with Gasteiger partial charge in [-0.15, -0.1) is 0 Å². The molecule has 1 aliphatic carbocycles. The van der Waals surface area contributed by atoms with Gasteiger partial charge in [0.15, 0.2) is 11.6 Å². The molecule has 0 amide bonds. The van der Waals surface area contributed by atoms with Crippen molar-refractivity contribution >= 4 is 22.7 Å². The molecule has 0 spiro atoms. The monoisotopic (exact) mass is 283 g/mol. The molecule has 2 fully saturated rings. The number of nitrogens with zero attached hydrogens (tertiary/aromatic N) is 3. The van der Waals surface area contributed by atoms with E-state index in [9.17, 15) is 0 Å². The molecule has 110 valence electrons. The molecular formula is C16H21N5. The van der Waals surface area contributed by atoms with Crippen LogP contribution in [0.15, 0.2) is 24.3 Å². The SMILES string of the molecule is NCC1CCN(c2nc3ccccc3nc2NC2CC2)C1. The van der Waals surface area contributed by atoms with E-state index in [1.165, 1.54) is 12.8 Å². The van der Waals surface area contributed by atoms with Crippen molar-refractivity contribution in [3.63, 3.8) is 0 Å². The number of rotatable bonds is 4. The average molecular weight is 283 g/mol. The Balaban J connectivity index is 1.73. The van der Waals surface area contributed by atoms with Crippen LogP contribution in [-0.2, 0) is 0 Å². The predicted octanol–water partition coefficient (Wildman–Crippen LogP) is 1.99. The van der Waals surface area contributed by atoms with E-state index in [0.29, 0.717) is 12.0 Å². The summed E-state index contributed by atoms with van der Waals surface area (Å²) in [5.74, 6) is 2.51. The standard InChI is InChI=1S/C16H21N5/c17-9-11-7-8-21(10-11)16-15(18-12-5-6-12)19-13-3-1-2-4-14(13)20-16/h1-4,11-12H,5-10,17H2,(H,18,19). The van der Waals surface area contributed by atoms with Gasteiger partial charge in [0.2, 0.25) is 0 Å². The second-order valence-corrected chi connectivity index (χ2v) is 6.14. The third-order valence-corrected chi connectivity index (χ3v) is 4.39. The van der Waals surface area contributed by atoms with Crippen LogP contribution in [-0.4, -0.2) is 35.6 Å². The summed E-state index contributed by atoms with van der Waals surface area (Å²) in [4.78, 5) is 12.0. The number of hydrogen-bond acceptors (Lipinski definition) is 5. The Morgan fingerprint density at radius 1 is 1.14 bits per heavy atom. The zero-order valence-electron chi connectivity index (χ0n) is 12.1. The normalized spacial score (nSPS) is 22.0. The van der Waals surface area contributed by atoms with Crippen LogP contribution in [0.4, 0.5) is 11.6 Å². The summed E-state index contributed by atoms with van der Waals surface area (Å²) in [5, 5.41) is 3.54. The number of nitrogens with two attached hydrogens (primary N) is 1. The molecule has 2 aromatic rings. The minimum atomic E-state index is 0.576. The van der Waals surface area contributed by atoms with Gasteiger partial charge in [-0.25, -0.2) is 9.97 Å². The van der Waals surface area contributed by atoms with Gasteiger partial charge in [-0.1, -0.05) is 12.1 Å². The Morgan fingerprint density at radius 3 is 2.57 bits per heavy atom. The van der Waals surface area contributed by atoms with Gasteiger partial charge in [0.25, 0.3) is 0 Å². The fraction of sp³-hybridized carbons (Fsp3) is 0.500.